The molecule has 1 unspecified atom stereocenters. The van der Waals surface area contributed by atoms with Crippen LogP contribution < -0.4 is 20.9 Å². The number of aromatic nitrogens is 3. The molecule has 1 saturated heterocycles. The van der Waals surface area contributed by atoms with Crippen molar-refractivity contribution in [3.63, 3.8) is 0 Å². The SMILES string of the molecule is C=CCNc1nc(NCC=C)nc(N2CCC(NCC3c4ccccc4CSc4ccccc43)CC2)n1. The highest BCUT2D eigenvalue weighted by Crippen LogP contribution is 2.40. The van der Waals surface area contributed by atoms with E-state index in [0.29, 0.717) is 42.9 Å². The highest BCUT2D eigenvalue weighted by molar-refractivity contribution is 7.98. The summed E-state index contributed by atoms with van der Waals surface area (Å²) in [6, 6.07) is 18.3. The maximum atomic E-state index is 4.66. The Labute approximate surface area is 223 Å². The zero-order valence-corrected chi connectivity index (χ0v) is 22.0. The highest BCUT2D eigenvalue weighted by atomic mass is 32.2. The molecule has 37 heavy (non-hydrogen) atoms. The average molecular weight is 514 g/mol. The van der Waals surface area contributed by atoms with Crippen molar-refractivity contribution < 1.29 is 0 Å². The Kier molecular flexibility index (Phi) is 8.38. The molecule has 5 rings (SSSR count). The summed E-state index contributed by atoms with van der Waals surface area (Å²) in [6.07, 6.45) is 5.67. The zero-order valence-electron chi connectivity index (χ0n) is 21.2. The van der Waals surface area contributed by atoms with Crippen molar-refractivity contribution in [2.75, 3.05) is 48.3 Å². The topological polar surface area (TPSA) is 78.0 Å². The number of fused-ring (bicyclic) bond motifs is 2. The minimum Gasteiger partial charge on any atom is -0.351 e. The first kappa shape index (κ1) is 25.3. The third-order valence-electron chi connectivity index (χ3n) is 6.93. The van der Waals surface area contributed by atoms with Gasteiger partial charge in [-0.1, -0.05) is 54.6 Å². The van der Waals surface area contributed by atoms with Crippen molar-refractivity contribution in [3.8, 4) is 0 Å². The van der Waals surface area contributed by atoms with E-state index < -0.39 is 0 Å². The van der Waals surface area contributed by atoms with E-state index in [-0.39, 0.29) is 0 Å². The normalized spacial score (nSPS) is 17.3. The van der Waals surface area contributed by atoms with Crippen molar-refractivity contribution >= 4 is 29.6 Å². The van der Waals surface area contributed by atoms with Gasteiger partial charge in [-0.25, -0.2) is 0 Å². The molecule has 0 bridgehead atoms. The van der Waals surface area contributed by atoms with Crippen molar-refractivity contribution in [2.24, 2.45) is 0 Å². The van der Waals surface area contributed by atoms with Crippen LogP contribution in [0.2, 0.25) is 0 Å². The summed E-state index contributed by atoms with van der Waals surface area (Å²) in [7, 11) is 0. The van der Waals surface area contributed by atoms with Gasteiger partial charge in [-0.05, 0) is 35.6 Å². The molecule has 0 amide bonds. The van der Waals surface area contributed by atoms with Crippen LogP contribution in [0.25, 0.3) is 0 Å². The van der Waals surface area contributed by atoms with Gasteiger partial charge in [0, 0.05) is 55.3 Å². The van der Waals surface area contributed by atoms with E-state index in [1.807, 2.05) is 11.8 Å². The second kappa shape index (κ2) is 12.3. The third-order valence-corrected chi connectivity index (χ3v) is 8.07. The number of benzene rings is 2. The molecule has 0 saturated carbocycles. The molecule has 0 spiro atoms. The van der Waals surface area contributed by atoms with Crippen molar-refractivity contribution in [3.05, 3.63) is 90.5 Å². The molecular formula is C29H35N7S. The van der Waals surface area contributed by atoms with E-state index in [9.17, 15) is 0 Å². The number of thioether (sulfide) groups is 1. The minimum absolute atomic E-state index is 0.362. The van der Waals surface area contributed by atoms with Crippen LogP contribution in [0.15, 0.2) is 78.7 Å². The Balaban J connectivity index is 1.25. The van der Waals surface area contributed by atoms with Gasteiger partial charge in [0.2, 0.25) is 17.8 Å². The van der Waals surface area contributed by atoms with Gasteiger partial charge in [-0.2, -0.15) is 15.0 Å². The maximum Gasteiger partial charge on any atom is 0.231 e. The van der Waals surface area contributed by atoms with Crippen LogP contribution in [0.4, 0.5) is 17.8 Å². The predicted octanol–water partition coefficient (Wildman–Crippen LogP) is 5.06. The summed E-state index contributed by atoms with van der Waals surface area (Å²) >= 11 is 1.95. The summed E-state index contributed by atoms with van der Waals surface area (Å²) in [5, 5.41) is 10.3. The molecule has 2 aliphatic rings. The molecule has 0 radical (unpaired) electrons. The van der Waals surface area contributed by atoms with Crippen molar-refractivity contribution in [1.29, 1.82) is 0 Å². The number of piperidine rings is 1. The van der Waals surface area contributed by atoms with Gasteiger partial charge in [-0.3, -0.25) is 0 Å². The lowest BCUT2D eigenvalue weighted by atomic mass is 9.88. The fourth-order valence-electron chi connectivity index (χ4n) is 5.01. The Morgan fingerprint density at radius 3 is 2.22 bits per heavy atom. The van der Waals surface area contributed by atoms with E-state index in [0.717, 1.165) is 38.2 Å². The standard InChI is InChI=1S/C29H35N7S/c1-3-15-30-27-33-28(31-16-4-2)35-29(34-27)36-17-13-22(14-18-36)32-19-25-23-10-6-5-9-21(23)20-37-26-12-8-7-11-24(25)26/h3-12,22,25,32H,1-2,13-20H2,(H2,30,31,33,34,35). The molecular weight excluding hydrogens is 478 g/mol. The molecule has 1 aromatic heterocycles. The molecule has 1 atom stereocenters. The van der Waals surface area contributed by atoms with Gasteiger partial charge >= 0.3 is 0 Å². The summed E-state index contributed by atoms with van der Waals surface area (Å²) in [6.45, 7) is 11.5. The maximum absolute atomic E-state index is 4.66. The average Bonchev–Trinajstić information content (AvgIpc) is 3.11. The first-order chi connectivity index (χ1) is 18.2. The third kappa shape index (κ3) is 6.14. The predicted molar refractivity (Wildman–Crippen MR) is 155 cm³/mol. The summed E-state index contributed by atoms with van der Waals surface area (Å²) in [5.41, 5.74) is 4.34. The molecule has 1 fully saturated rings. The monoisotopic (exact) mass is 513 g/mol. The van der Waals surface area contributed by atoms with E-state index in [2.05, 4.69) is 97.5 Å². The van der Waals surface area contributed by atoms with Gasteiger partial charge < -0.3 is 20.9 Å². The molecule has 3 aromatic rings. The van der Waals surface area contributed by atoms with Gasteiger partial charge in [0.05, 0.1) is 0 Å². The molecule has 8 heteroatoms. The number of rotatable bonds is 10. The Bertz CT molecular complexity index is 1140. The van der Waals surface area contributed by atoms with Crippen LogP contribution >= 0.6 is 11.8 Å². The van der Waals surface area contributed by atoms with Crippen LogP contribution in [0, 0.1) is 0 Å². The Morgan fingerprint density at radius 2 is 1.51 bits per heavy atom. The summed E-state index contributed by atoms with van der Waals surface area (Å²) in [4.78, 5) is 17.4. The summed E-state index contributed by atoms with van der Waals surface area (Å²) in [5.74, 6) is 3.21. The van der Waals surface area contributed by atoms with E-state index in [4.69, 9.17) is 0 Å². The molecule has 0 aliphatic carbocycles. The number of hydrogen-bond acceptors (Lipinski definition) is 8. The van der Waals surface area contributed by atoms with Gasteiger partial charge in [0.25, 0.3) is 0 Å². The number of hydrogen-bond donors (Lipinski definition) is 3. The lowest BCUT2D eigenvalue weighted by molar-refractivity contribution is 0.406. The van der Waals surface area contributed by atoms with E-state index >= 15 is 0 Å². The fourth-order valence-corrected chi connectivity index (χ4v) is 6.13. The fraction of sp³-hybridized carbons (Fsp3) is 0.345. The zero-order chi connectivity index (χ0) is 25.5. The molecule has 3 heterocycles. The van der Waals surface area contributed by atoms with Crippen molar-refractivity contribution in [1.82, 2.24) is 20.3 Å². The van der Waals surface area contributed by atoms with Crippen LogP contribution in [-0.2, 0) is 5.75 Å². The number of anilines is 3. The van der Waals surface area contributed by atoms with E-state index in [1.54, 1.807) is 12.2 Å². The molecule has 2 aliphatic heterocycles. The van der Waals surface area contributed by atoms with Gasteiger partial charge in [-0.15, -0.1) is 24.9 Å². The first-order valence-corrected chi connectivity index (χ1v) is 14.0. The number of nitrogens with zero attached hydrogens (tertiary/aromatic N) is 4. The van der Waals surface area contributed by atoms with Crippen LogP contribution in [0.5, 0.6) is 0 Å². The van der Waals surface area contributed by atoms with E-state index in [1.165, 1.54) is 21.6 Å². The van der Waals surface area contributed by atoms with Crippen LogP contribution in [0.1, 0.15) is 35.4 Å². The molecule has 192 valence electrons. The lowest BCUT2D eigenvalue weighted by Crippen LogP contribution is -2.44. The summed E-state index contributed by atoms with van der Waals surface area (Å²) < 4.78 is 0. The van der Waals surface area contributed by atoms with Crippen LogP contribution in [0.3, 0.4) is 0 Å². The highest BCUT2D eigenvalue weighted by Gasteiger charge is 2.26. The second-order valence-electron chi connectivity index (χ2n) is 9.37. The first-order valence-electron chi connectivity index (χ1n) is 13.0. The minimum atomic E-state index is 0.362. The van der Waals surface area contributed by atoms with Gasteiger partial charge in [0.1, 0.15) is 0 Å². The molecule has 3 N–H and O–H groups in total. The molecule has 7 nitrogen and oxygen atoms in total. The number of nitrogens with one attached hydrogen (secondary N) is 3. The second-order valence-corrected chi connectivity index (χ2v) is 10.4. The smallest absolute Gasteiger partial charge is 0.231 e. The van der Waals surface area contributed by atoms with Gasteiger partial charge in [0.15, 0.2) is 0 Å². The van der Waals surface area contributed by atoms with Crippen molar-refractivity contribution in [2.45, 2.75) is 35.4 Å². The molecule has 2 aromatic carbocycles. The Morgan fingerprint density at radius 1 is 0.865 bits per heavy atom. The largest absolute Gasteiger partial charge is 0.351 e. The quantitative estimate of drug-likeness (QED) is 0.325. The lowest BCUT2D eigenvalue weighted by Gasteiger charge is -2.33. The van der Waals surface area contributed by atoms with Crippen LogP contribution in [-0.4, -0.2) is 53.7 Å². The Hall–Kier alpha value is -3.36.